The first-order valence-electron chi connectivity index (χ1n) is 4.77. The van der Waals surface area contributed by atoms with E-state index >= 15 is 0 Å². The van der Waals surface area contributed by atoms with E-state index in [9.17, 15) is 33.9 Å². The van der Waals surface area contributed by atoms with Crippen molar-refractivity contribution in [1.29, 1.82) is 0 Å². The van der Waals surface area contributed by atoms with Crippen molar-refractivity contribution in [3.05, 3.63) is 0 Å². The van der Waals surface area contributed by atoms with Gasteiger partial charge in [-0.1, -0.05) is 0 Å². The van der Waals surface area contributed by atoms with Gasteiger partial charge in [-0.25, -0.2) is 0 Å². The average Bonchev–Trinajstić information content (AvgIpc) is 2.29. The Labute approximate surface area is 168 Å². The fraction of sp³-hybridized carbons (Fsp3) is 0.833. The van der Waals surface area contributed by atoms with Gasteiger partial charge in [0.25, 0.3) is 15.6 Å². The van der Waals surface area contributed by atoms with Crippen LogP contribution in [0, 0.1) is 0 Å². The van der Waals surface area contributed by atoms with Crippen LogP contribution in [0.25, 0.3) is 0 Å². The van der Waals surface area contributed by atoms with Crippen LogP contribution in [0.2, 0.25) is 0 Å². The van der Waals surface area contributed by atoms with Crippen LogP contribution >= 0.6 is 15.6 Å². The summed E-state index contributed by atoms with van der Waals surface area (Å²) in [5, 5.41) is 27.6. The maximum atomic E-state index is 11.1. The van der Waals surface area contributed by atoms with Gasteiger partial charge in [-0.05, 0) is 0 Å². The molecule has 5 unspecified atom stereocenters. The number of Topliss-reactive ketones (excluding diaryl/α,β-unsaturated/α-hetero) is 1. The maximum absolute atomic E-state index is 11.1. The van der Waals surface area contributed by atoms with Crippen LogP contribution in [0.4, 0.5) is 0 Å². The minimum atomic E-state index is -5.21. The van der Waals surface area contributed by atoms with Gasteiger partial charge < -0.3 is 43.9 Å². The summed E-state index contributed by atoms with van der Waals surface area (Å²) >= 11 is 0. The molecule has 0 bridgehead atoms. The van der Waals surface area contributed by atoms with E-state index in [1.54, 1.807) is 0 Å². The summed E-state index contributed by atoms with van der Waals surface area (Å²) in [5.41, 5.74) is 0. The van der Waals surface area contributed by atoms with Crippen LogP contribution in [0.3, 0.4) is 0 Å². The first kappa shape index (κ1) is 28.6. The Morgan fingerprint density at radius 2 is 1.41 bits per heavy atom. The molecule has 0 amide bonds. The van der Waals surface area contributed by atoms with E-state index < -0.39 is 53.0 Å². The zero-order valence-corrected chi connectivity index (χ0v) is 17.4. The molecule has 0 radical (unpaired) electrons. The smallest absolute Gasteiger partial charge is 0.756 e. The summed E-state index contributed by atoms with van der Waals surface area (Å²) < 4.78 is 27.7. The van der Waals surface area contributed by atoms with E-state index in [0.717, 1.165) is 0 Å². The molecule has 0 aliphatic heterocycles. The molecule has 16 heteroatoms. The van der Waals surface area contributed by atoms with Crippen LogP contribution in [0.15, 0.2) is 0 Å². The molecule has 120 valence electrons. The van der Waals surface area contributed by atoms with Gasteiger partial charge in [0.15, 0.2) is 5.78 Å². The minimum absolute atomic E-state index is 0. The summed E-state index contributed by atoms with van der Waals surface area (Å²) in [4.78, 5) is 47.9. The van der Waals surface area contributed by atoms with Crippen LogP contribution in [0.1, 0.15) is 0 Å². The molecule has 22 heavy (non-hydrogen) atoms. The van der Waals surface area contributed by atoms with Crippen LogP contribution in [-0.4, -0.2) is 62.4 Å². The molecule has 0 heterocycles. The molecule has 0 aromatic carbocycles. The topological polar surface area (TPSA) is 217 Å². The number of phosphoric ester groups is 2. The largest absolute Gasteiger partial charge is 1.00 e. The Bertz CT molecular complexity index is 420. The number of aliphatic hydroxyl groups excluding tert-OH is 3. The number of hydrogen-bond donors (Lipinski definition) is 5. The Morgan fingerprint density at radius 1 is 1.00 bits per heavy atom. The molecule has 0 saturated heterocycles. The van der Waals surface area contributed by atoms with Crippen molar-refractivity contribution >= 4 is 21.4 Å². The molecule has 0 aromatic rings. The van der Waals surface area contributed by atoms with Crippen LogP contribution in [-0.2, 0) is 23.0 Å². The van der Waals surface area contributed by atoms with E-state index in [1.165, 1.54) is 0 Å². The Hall–Kier alpha value is 1.77. The van der Waals surface area contributed by atoms with E-state index in [1.807, 2.05) is 0 Å². The zero-order valence-electron chi connectivity index (χ0n) is 11.6. The Kier molecular flexibility index (Phi) is 15.8. The molecular weight excluding hydrogens is 372 g/mol. The number of ketones is 1. The first-order chi connectivity index (χ1) is 8.83. The number of carbonyl (C=O) groups excluding carboxylic acids is 1. The van der Waals surface area contributed by atoms with Gasteiger partial charge in [0, 0.05) is 0 Å². The van der Waals surface area contributed by atoms with Crippen molar-refractivity contribution in [2.75, 3.05) is 13.2 Å². The second-order valence-corrected chi connectivity index (χ2v) is 5.87. The van der Waals surface area contributed by atoms with Crippen molar-refractivity contribution in [3.63, 3.8) is 0 Å². The van der Waals surface area contributed by atoms with Crippen molar-refractivity contribution < 1.29 is 117 Å². The van der Waals surface area contributed by atoms with E-state index in [2.05, 4.69) is 9.05 Å². The van der Waals surface area contributed by atoms with Gasteiger partial charge in [-0.15, -0.1) is 0 Å². The summed E-state index contributed by atoms with van der Waals surface area (Å²) in [6.45, 7) is -2.48. The van der Waals surface area contributed by atoms with Crippen molar-refractivity contribution in [2.24, 2.45) is 0 Å². The molecule has 12 nitrogen and oxygen atoms in total. The normalized spacial score (nSPS) is 20.3. The second-order valence-electron chi connectivity index (χ2n) is 3.48. The summed E-state index contributed by atoms with van der Waals surface area (Å²) in [6.07, 6.45) is -6.68. The SMILES string of the molecule is O=C(COP(=O)([O-])O)C(O)C(O)C(O)COP(=O)([O-])O.[Na+].[Na+]. The van der Waals surface area contributed by atoms with Crippen LogP contribution < -0.4 is 68.9 Å². The van der Waals surface area contributed by atoms with Crippen molar-refractivity contribution in [3.8, 4) is 0 Å². The fourth-order valence-electron chi connectivity index (χ4n) is 0.901. The molecule has 0 spiro atoms. The second kappa shape index (κ2) is 12.2. The molecule has 5 N–H and O–H groups in total. The van der Waals surface area contributed by atoms with Crippen LogP contribution in [0.5, 0.6) is 0 Å². The monoisotopic (exact) mass is 384 g/mol. The molecule has 0 saturated carbocycles. The number of carbonyl (C=O) groups is 1. The number of phosphoric acid groups is 2. The molecule has 0 aromatic heterocycles. The average molecular weight is 384 g/mol. The molecule has 0 aliphatic carbocycles. The van der Waals surface area contributed by atoms with Gasteiger partial charge >= 0.3 is 59.1 Å². The van der Waals surface area contributed by atoms with Gasteiger partial charge in [0.1, 0.15) is 24.9 Å². The Balaban J connectivity index is -0.00000180. The third-order valence-corrected chi connectivity index (χ3v) is 2.76. The third kappa shape index (κ3) is 14.1. The first-order valence-corrected chi connectivity index (χ1v) is 7.76. The number of hydrogen-bond acceptors (Lipinski definition) is 10. The number of rotatable bonds is 9. The molecule has 0 rings (SSSR count). The summed E-state index contributed by atoms with van der Waals surface area (Å²) in [7, 11) is -10.4. The summed E-state index contributed by atoms with van der Waals surface area (Å²) in [5.74, 6) is -1.42. The maximum Gasteiger partial charge on any atom is 1.00 e. The molecule has 0 aliphatic rings. The van der Waals surface area contributed by atoms with Gasteiger partial charge in [-0.3, -0.25) is 13.9 Å². The Morgan fingerprint density at radius 3 is 1.77 bits per heavy atom. The zero-order chi connectivity index (χ0) is 16.1. The van der Waals surface area contributed by atoms with Crippen molar-refractivity contribution in [1.82, 2.24) is 0 Å². The standard InChI is InChI=1S/C6H14O12P2.2Na/c7-3(1-17-19(11,12)13)5(9)6(10)4(8)2-18-20(14,15)16;;/h3,5-7,9-10H,1-2H2,(H2,11,12,13)(H2,14,15,16);;/q;2*+1/p-2. The minimum Gasteiger partial charge on any atom is -0.756 e. The predicted octanol–water partition coefficient (Wildman–Crippen LogP) is -10.4. The van der Waals surface area contributed by atoms with E-state index in [-0.39, 0.29) is 59.1 Å². The third-order valence-electron chi connectivity index (χ3n) is 1.83. The van der Waals surface area contributed by atoms with E-state index in [4.69, 9.17) is 14.9 Å². The molecular formula is C6H12Na2O12P2. The predicted molar refractivity (Wildman–Crippen MR) is 54.6 cm³/mol. The molecule has 0 fully saturated rings. The fourth-order valence-corrected chi connectivity index (χ4v) is 1.53. The number of aliphatic hydroxyl groups is 3. The van der Waals surface area contributed by atoms with Gasteiger partial charge in [-0.2, -0.15) is 0 Å². The summed E-state index contributed by atoms with van der Waals surface area (Å²) in [6, 6.07) is 0. The van der Waals surface area contributed by atoms with E-state index in [0.29, 0.717) is 0 Å². The van der Waals surface area contributed by atoms with Gasteiger partial charge in [0.05, 0.1) is 6.61 Å². The van der Waals surface area contributed by atoms with Crippen molar-refractivity contribution in [2.45, 2.75) is 18.3 Å². The van der Waals surface area contributed by atoms with Gasteiger partial charge in [0.2, 0.25) is 0 Å². The quantitative estimate of drug-likeness (QED) is 0.185. The molecule has 5 atom stereocenters.